The molecule has 0 bridgehead atoms. The van der Waals surface area contributed by atoms with Crippen LogP contribution in [-0.4, -0.2) is 37.3 Å². The monoisotopic (exact) mass is 149 g/mol. The van der Waals surface area contributed by atoms with Crippen molar-refractivity contribution in [2.24, 2.45) is 11.1 Å². The van der Waals surface area contributed by atoms with Crippen molar-refractivity contribution in [2.75, 3.05) is 27.2 Å². The lowest BCUT2D eigenvalue weighted by atomic mass is 10.4. The van der Waals surface area contributed by atoms with Crippen LogP contribution in [0.15, 0.2) is 5.34 Å². The van der Waals surface area contributed by atoms with Gasteiger partial charge in [0.05, 0.1) is 0 Å². The molecule has 0 aliphatic heterocycles. The Morgan fingerprint density at radius 1 is 1.60 bits per heavy atom. The summed E-state index contributed by atoms with van der Waals surface area (Å²) in [6.45, 7) is 1.91. The molecule has 0 heterocycles. The highest BCUT2D eigenvalue weighted by Gasteiger charge is 1.83. The van der Waals surface area contributed by atoms with E-state index >= 15 is 0 Å². The van der Waals surface area contributed by atoms with E-state index in [0.717, 1.165) is 19.5 Å². The number of nitrogens with two attached hydrogens (primary N) is 1. The molecule has 0 saturated carbocycles. The van der Waals surface area contributed by atoms with Crippen molar-refractivity contribution < 1.29 is 5.21 Å². The number of hydrogen-bond acceptors (Lipinski definition) is 4. The molecule has 0 aromatic heterocycles. The second kappa shape index (κ2) is 11.2. The minimum atomic E-state index is 0.804. The zero-order valence-electron chi connectivity index (χ0n) is 6.45. The fourth-order valence-corrected chi connectivity index (χ4v) is 0.408. The summed E-state index contributed by atoms with van der Waals surface area (Å²) in [4.78, 5) is 10.2. The van der Waals surface area contributed by atoms with Crippen LogP contribution in [0.1, 0.15) is 6.42 Å². The number of nitrogens with zero attached hydrogens (tertiary/aromatic N) is 2. The first-order valence-corrected chi connectivity index (χ1v) is 3.00. The Kier molecular flexibility index (Phi) is 13.4. The summed E-state index contributed by atoms with van der Waals surface area (Å²) in [5.74, 6) is 0. The molecule has 0 fully saturated rings. The minimum Gasteiger partial charge on any atom is -0.379 e. The predicted molar refractivity (Wildman–Crippen MR) is 39.8 cm³/mol. The molecule has 0 unspecified atom stereocenters. The van der Waals surface area contributed by atoms with Gasteiger partial charge < -0.3 is 15.8 Å². The van der Waals surface area contributed by atoms with Crippen LogP contribution in [-0.2, 0) is 0 Å². The zero-order chi connectivity index (χ0) is 8.41. The summed E-state index contributed by atoms with van der Waals surface area (Å²) in [6, 6.07) is 0. The largest absolute Gasteiger partial charge is 0.379 e. The molecule has 62 valence electrons. The molecule has 0 rings (SSSR count). The van der Waals surface area contributed by atoms with Crippen LogP contribution in [0.3, 0.4) is 0 Å². The van der Waals surface area contributed by atoms with Gasteiger partial charge in [0.2, 0.25) is 0 Å². The maximum atomic E-state index is 8.11. The van der Waals surface area contributed by atoms with Gasteiger partial charge in [-0.15, -0.1) is 4.91 Å². The Labute approximate surface area is 60.7 Å². The van der Waals surface area contributed by atoms with Gasteiger partial charge in [-0.2, -0.15) is 0 Å². The second-order valence-electron chi connectivity index (χ2n) is 2.03. The topological polar surface area (TPSA) is 78.9 Å². The van der Waals surface area contributed by atoms with Crippen molar-refractivity contribution >= 4 is 0 Å². The third-order valence-electron chi connectivity index (χ3n) is 0.809. The average Bonchev–Trinajstić information content (AvgIpc) is 1.85. The van der Waals surface area contributed by atoms with Gasteiger partial charge in [-0.25, -0.2) is 0 Å². The molecule has 0 aromatic carbocycles. The maximum absolute atomic E-state index is 8.11. The summed E-state index contributed by atoms with van der Waals surface area (Å²) < 4.78 is 0. The quantitative estimate of drug-likeness (QED) is 0.438. The van der Waals surface area contributed by atoms with Gasteiger partial charge in [0.25, 0.3) is 0 Å². The molecule has 0 aliphatic carbocycles. The van der Waals surface area contributed by atoms with Crippen LogP contribution in [0.25, 0.3) is 0 Å². The van der Waals surface area contributed by atoms with Crippen LogP contribution in [0.5, 0.6) is 0 Å². The Morgan fingerprint density at radius 3 is 2.10 bits per heavy atom. The summed E-state index contributed by atoms with van der Waals surface area (Å²) in [5, 5.41) is 7.89. The molecule has 5 heteroatoms. The van der Waals surface area contributed by atoms with Gasteiger partial charge in [0.1, 0.15) is 0 Å². The van der Waals surface area contributed by atoms with E-state index < -0.39 is 0 Å². The molecule has 10 heavy (non-hydrogen) atoms. The minimum absolute atomic E-state index is 0.804. The predicted octanol–water partition coefficient (Wildman–Crippen LogP) is 0.0388. The molecule has 0 radical (unpaired) electrons. The van der Waals surface area contributed by atoms with Crippen LogP contribution < -0.4 is 5.73 Å². The third-order valence-corrected chi connectivity index (χ3v) is 0.809. The SMILES string of the molecule is CN(C)CCCN.O=NO. The lowest BCUT2D eigenvalue weighted by Crippen LogP contribution is -2.16. The van der Waals surface area contributed by atoms with Crippen LogP contribution in [0, 0.1) is 4.91 Å². The van der Waals surface area contributed by atoms with E-state index in [1.54, 1.807) is 0 Å². The van der Waals surface area contributed by atoms with Gasteiger partial charge in [-0.3, -0.25) is 0 Å². The lowest BCUT2D eigenvalue weighted by molar-refractivity contribution is 0.312. The standard InChI is InChI=1S/C5H14N2.HNO2/c1-7(2)5-3-4-6;2-1-3/h3-6H2,1-2H3;(H,2,3). The molecule has 5 nitrogen and oxygen atoms in total. The molecule has 3 N–H and O–H groups in total. The molecular weight excluding hydrogens is 134 g/mol. The molecule has 0 aliphatic rings. The lowest BCUT2D eigenvalue weighted by Gasteiger charge is -2.05. The highest BCUT2D eigenvalue weighted by atomic mass is 16.6. The van der Waals surface area contributed by atoms with Gasteiger partial charge >= 0.3 is 0 Å². The molecule has 0 saturated heterocycles. The van der Waals surface area contributed by atoms with Crippen molar-refractivity contribution in [3.63, 3.8) is 0 Å². The number of rotatable bonds is 3. The van der Waals surface area contributed by atoms with E-state index in [1.807, 2.05) is 0 Å². The molecule has 0 spiro atoms. The molecule has 0 amide bonds. The average molecular weight is 149 g/mol. The second-order valence-corrected chi connectivity index (χ2v) is 2.03. The van der Waals surface area contributed by atoms with Gasteiger partial charge in [-0.05, 0) is 33.6 Å². The Balaban J connectivity index is 0. The summed E-state index contributed by atoms with van der Waals surface area (Å²) in [5.41, 5.74) is 5.25. The first-order chi connectivity index (χ1) is 4.68. The maximum Gasteiger partial charge on any atom is 0.152 e. The molecule has 0 aromatic rings. The van der Waals surface area contributed by atoms with Crippen molar-refractivity contribution in [1.82, 2.24) is 4.90 Å². The Hall–Kier alpha value is -0.680. The first-order valence-electron chi connectivity index (χ1n) is 3.00. The van der Waals surface area contributed by atoms with Crippen LogP contribution in [0.2, 0.25) is 0 Å². The van der Waals surface area contributed by atoms with Gasteiger partial charge in [0.15, 0.2) is 5.34 Å². The van der Waals surface area contributed by atoms with Crippen LogP contribution in [0.4, 0.5) is 0 Å². The third kappa shape index (κ3) is 26.5. The van der Waals surface area contributed by atoms with Crippen molar-refractivity contribution in [1.29, 1.82) is 0 Å². The highest BCUT2D eigenvalue weighted by Crippen LogP contribution is 1.76. The summed E-state index contributed by atoms with van der Waals surface area (Å²) >= 11 is 0. The van der Waals surface area contributed by atoms with Crippen molar-refractivity contribution in [2.45, 2.75) is 6.42 Å². The fourth-order valence-electron chi connectivity index (χ4n) is 0.408. The van der Waals surface area contributed by atoms with Crippen molar-refractivity contribution in [3.8, 4) is 0 Å². The van der Waals surface area contributed by atoms with E-state index in [4.69, 9.17) is 15.8 Å². The summed E-state index contributed by atoms with van der Waals surface area (Å²) in [6.07, 6.45) is 1.10. The Morgan fingerprint density at radius 2 is 2.00 bits per heavy atom. The van der Waals surface area contributed by atoms with E-state index in [0.29, 0.717) is 0 Å². The zero-order valence-corrected chi connectivity index (χ0v) is 6.45. The van der Waals surface area contributed by atoms with Gasteiger partial charge in [-0.1, -0.05) is 0 Å². The van der Waals surface area contributed by atoms with E-state index in [1.165, 1.54) is 5.34 Å². The summed E-state index contributed by atoms with van der Waals surface area (Å²) in [7, 11) is 4.10. The molecular formula is C5H15N3O2. The number of hydrogen-bond donors (Lipinski definition) is 2. The van der Waals surface area contributed by atoms with E-state index in [9.17, 15) is 0 Å². The Bertz CT molecular complexity index is 67.9. The van der Waals surface area contributed by atoms with Gasteiger partial charge in [0, 0.05) is 0 Å². The van der Waals surface area contributed by atoms with Crippen molar-refractivity contribution in [3.05, 3.63) is 4.91 Å². The van der Waals surface area contributed by atoms with Crippen LogP contribution >= 0.6 is 0 Å². The highest BCUT2D eigenvalue weighted by molar-refractivity contribution is 4.42. The fraction of sp³-hybridized carbons (Fsp3) is 1.00. The molecule has 0 atom stereocenters. The van der Waals surface area contributed by atoms with E-state index in [-0.39, 0.29) is 0 Å². The smallest absolute Gasteiger partial charge is 0.152 e. The normalized spacial score (nSPS) is 8.40. The first kappa shape index (κ1) is 12.0. The van der Waals surface area contributed by atoms with E-state index in [2.05, 4.69) is 19.0 Å².